The smallest absolute Gasteiger partial charge is 0.271 e. The highest BCUT2D eigenvalue weighted by atomic mass is 32.1. The number of fused-ring (bicyclic) bond motifs is 1. The Bertz CT molecular complexity index is 1170. The summed E-state index contributed by atoms with van der Waals surface area (Å²) in [4.78, 5) is 34.1. The summed E-state index contributed by atoms with van der Waals surface area (Å²) in [5.41, 5.74) is 2.71. The van der Waals surface area contributed by atoms with Crippen molar-refractivity contribution in [3.05, 3.63) is 68.9 Å². The molecular weight excluding hydrogens is 392 g/mol. The number of nitrogens with zero attached hydrogens (tertiary/aromatic N) is 3. The van der Waals surface area contributed by atoms with E-state index < -0.39 is 5.91 Å². The maximum Gasteiger partial charge on any atom is 0.271 e. The zero-order chi connectivity index (χ0) is 19.5. The summed E-state index contributed by atoms with van der Waals surface area (Å²) in [6.07, 6.45) is 6.35. The lowest BCUT2D eigenvalue weighted by molar-refractivity contribution is 0.102. The number of hydrogen-bond acceptors (Lipinski definition) is 6. The average molecular weight is 411 g/mol. The van der Waals surface area contributed by atoms with Gasteiger partial charge in [-0.2, -0.15) is 0 Å². The molecule has 0 saturated heterocycles. The van der Waals surface area contributed by atoms with Crippen LogP contribution in [-0.2, 0) is 6.42 Å². The van der Waals surface area contributed by atoms with Crippen LogP contribution in [0.4, 0.5) is 5.13 Å². The number of nitrogens with one attached hydrogen (secondary N) is 1. The van der Waals surface area contributed by atoms with E-state index in [0.717, 1.165) is 17.7 Å². The highest BCUT2D eigenvalue weighted by molar-refractivity contribution is 7.15. The van der Waals surface area contributed by atoms with Crippen LogP contribution in [0, 0.1) is 0 Å². The van der Waals surface area contributed by atoms with Crippen LogP contribution >= 0.6 is 22.7 Å². The number of amides is 1. The van der Waals surface area contributed by atoms with Gasteiger partial charge in [0.25, 0.3) is 11.5 Å². The molecule has 0 aliphatic rings. The summed E-state index contributed by atoms with van der Waals surface area (Å²) in [5.74, 6) is -0.506. The molecule has 0 aliphatic heterocycles. The zero-order valence-electron chi connectivity index (χ0n) is 15.2. The third-order valence-corrected chi connectivity index (χ3v) is 5.91. The molecular formula is C20H18N4O2S2. The molecule has 8 heteroatoms. The first-order chi connectivity index (χ1) is 13.7. The lowest BCUT2D eigenvalue weighted by Crippen LogP contribution is -2.25. The van der Waals surface area contributed by atoms with Crippen LogP contribution in [0.2, 0.25) is 0 Å². The molecule has 0 saturated carbocycles. The van der Waals surface area contributed by atoms with Crippen molar-refractivity contribution >= 4 is 38.7 Å². The van der Waals surface area contributed by atoms with Gasteiger partial charge in [-0.15, -0.1) is 22.7 Å². The molecule has 0 unspecified atom stereocenters. The van der Waals surface area contributed by atoms with Crippen LogP contribution in [0.3, 0.4) is 0 Å². The first kappa shape index (κ1) is 18.5. The predicted octanol–water partition coefficient (Wildman–Crippen LogP) is 4.47. The fourth-order valence-electron chi connectivity index (χ4n) is 2.83. The van der Waals surface area contributed by atoms with E-state index in [1.165, 1.54) is 51.7 Å². The quantitative estimate of drug-likeness (QED) is 0.509. The predicted molar refractivity (Wildman–Crippen MR) is 113 cm³/mol. The Morgan fingerprint density at radius 2 is 2.04 bits per heavy atom. The molecule has 4 rings (SSSR count). The number of carbonyl (C=O) groups excluding carboxylic acids is 1. The Balaban J connectivity index is 1.50. The van der Waals surface area contributed by atoms with Gasteiger partial charge in [0.05, 0.1) is 5.69 Å². The van der Waals surface area contributed by atoms with Gasteiger partial charge in [-0.05, 0) is 18.4 Å². The van der Waals surface area contributed by atoms with Crippen molar-refractivity contribution in [1.29, 1.82) is 0 Å². The third-order valence-electron chi connectivity index (χ3n) is 4.38. The number of unbranched alkanes of at least 4 members (excludes halogenated alkanes) is 1. The summed E-state index contributed by atoms with van der Waals surface area (Å²) in [6.45, 7) is 2.18. The zero-order valence-corrected chi connectivity index (χ0v) is 16.8. The molecule has 6 nitrogen and oxygen atoms in total. The Morgan fingerprint density at radius 1 is 1.21 bits per heavy atom. The number of carbonyl (C=O) groups is 1. The number of hydrogen-bond donors (Lipinski definition) is 1. The minimum atomic E-state index is -0.506. The SMILES string of the molecule is CCCCc1ccc(-c2csc(NC(=O)c3cnc4sccn4c3=O)n2)cc1. The first-order valence-electron chi connectivity index (χ1n) is 8.97. The van der Waals surface area contributed by atoms with E-state index >= 15 is 0 Å². The number of aromatic nitrogens is 3. The van der Waals surface area contributed by atoms with Crippen molar-refractivity contribution < 1.29 is 4.79 Å². The lowest BCUT2D eigenvalue weighted by Gasteiger charge is -2.02. The largest absolute Gasteiger partial charge is 0.298 e. The maximum atomic E-state index is 12.5. The number of thiazole rings is 2. The molecule has 3 aromatic heterocycles. The van der Waals surface area contributed by atoms with Gasteiger partial charge >= 0.3 is 0 Å². The van der Waals surface area contributed by atoms with Crippen LogP contribution < -0.4 is 10.9 Å². The van der Waals surface area contributed by atoms with E-state index in [1.807, 2.05) is 17.5 Å². The van der Waals surface area contributed by atoms with E-state index in [0.29, 0.717) is 10.1 Å². The minimum absolute atomic E-state index is 0.00655. The minimum Gasteiger partial charge on any atom is -0.298 e. The number of benzene rings is 1. The van der Waals surface area contributed by atoms with Gasteiger partial charge in [0, 0.05) is 28.7 Å². The second-order valence-corrected chi connectivity index (χ2v) is 8.06. The Hall–Kier alpha value is -2.84. The molecule has 1 N–H and O–H groups in total. The molecule has 3 heterocycles. The van der Waals surface area contributed by atoms with Gasteiger partial charge in [-0.3, -0.25) is 19.3 Å². The standard InChI is InChI=1S/C20H18N4O2S2/c1-2-3-4-13-5-7-14(8-6-13)16-12-28-19(22-16)23-17(25)15-11-21-20-24(18(15)26)9-10-27-20/h5-12H,2-4H2,1H3,(H,22,23,25). The molecule has 142 valence electrons. The van der Waals surface area contributed by atoms with Crippen LogP contribution in [0.25, 0.3) is 16.2 Å². The topological polar surface area (TPSA) is 76.4 Å². The highest BCUT2D eigenvalue weighted by Gasteiger charge is 2.15. The highest BCUT2D eigenvalue weighted by Crippen LogP contribution is 2.25. The Labute approximate surface area is 169 Å². The average Bonchev–Trinajstić information content (AvgIpc) is 3.37. The second-order valence-electron chi connectivity index (χ2n) is 6.33. The van der Waals surface area contributed by atoms with Gasteiger partial charge in [-0.25, -0.2) is 9.97 Å². The van der Waals surface area contributed by atoms with Gasteiger partial charge in [-0.1, -0.05) is 37.6 Å². The number of rotatable bonds is 6. The van der Waals surface area contributed by atoms with Gasteiger partial charge in [0.1, 0.15) is 5.56 Å². The van der Waals surface area contributed by atoms with Crippen LogP contribution in [0.1, 0.15) is 35.7 Å². The van der Waals surface area contributed by atoms with Crippen molar-refractivity contribution in [2.45, 2.75) is 26.2 Å². The summed E-state index contributed by atoms with van der Waals surface area (Å²) in [7, 11) is 0. The second kappa shape index (κ2) is 8.04. The molecule has 0 spiro atoms. The molecule has 0 fully saturated rings. The summed E-state index contributed by atoms with van der Waals surface area (Å²) in [6, 6.07) is 8.33. The normalized spacial score (nSPS) is 11.0. The fraction of sp³-hybridized carbons (Fsp3) is 0.200. The van der Waals surface area contributed by atoms with Gasteiger partial charge < -0.3 is 0 Å². The van der Waals surface area contributed by atoms with E-state index in [1.54, 1.807) is 11.6 Å². The number of anilines is 1. The Kier molecular flexibility index (Phi) is 5.31. The van der Waals surface area contributed by atoms with Gasteiger partial charge in [0.2, 0.25) is 0 Å². The molecule has 1 amide bonds. The van der Waals surface area contributed by atoms with E-state index in [9.17, 15) is 9.59 Å². The summed E-state index contributed by atoms with van der Waals surface area (Å²) >= 11 is 2.67. The lowest BCUT2D eigenvalue weighted by atomic mass is 10.1. The van der Waals surface area contributed by atoms with Crippen molar-refractivity contribution in [1.82, 2.24) is 14.4 Å². The molecule has 0 aliphatic carbocycles. The van der Waals surface area contributed by atoms with Crippen molar-refractivity contribution in [2.75, 3.05) is 5.32 Å². The fourth-order valence-corrected chi connectivity index (χ4v) is 4.22. The summed E-state index contributed by atoms with van der Waals surface area (Å²) < 4.78 is 1.37. The summed E-state index contributed by atoms with van der Waals surface area (Å²) in [5, 5.41) is 6.80. The monoisotopic (exact) mass is 410 g/mol. The molecule has 1 aromatic carbocycles. The van der Waals surface area contributed by atoms with Crippen LogP contribution in [0.15, 0.2) is 52.2 Å². The van der Waals surface area contributed by atoms with E-state index in [2.05, 4.69) is 34.3 Å². The molecule has 4 aromatic rings. The molecule has 0 radical (unpaired) electrons. The van der Waals surface area contributed by atoms with Crippen LogP contribution in [0.5, 0.6) is 0 Å². The van der Waals surface area contributed by atoms with Crippen molar-refractivity contribution in [3.8, 4) is 11.3 Å². The Morgan fingerprint density at radius 3 is 2.82 bits per heavy atom. The number of aryl methyl sites for hydroxylation is 1. The maximum absolute atomic E-state index is 12.5. The van der Waals surface area contributed by atoms with Gasteiger partial charge in [0.15, 0.2) is 10.1 Å². The molecule has 0 atom stereocenters. The van der Waals surface area contributed by atoms with Crippen LogP contribution in [-0.4, -0.2) is 20.3 Å². The van der Waals surface area contributed by atoms with E-state index in [4.69, 9.17) is 0 Å². The van der Waals surface area contributed by atoms with Crippen molar-refractivity contribution in [2.24, 2.45) is 0 Å². The van der Waals surface area contributed by atoms with Crippen molar-refractivity contribution in [3.63, 3.8) is 0 Å². The molecule has 28 heavy (non-hydrogen) atoms. The third kappa shape index (κ3) is 3.74. The molecule has 0 bridgehead atoms. The first-order valence-corrected chi connectivity index (χ1v) is 10.7. The van der Waals surface area contributed by atoms with E-state index in [-0.39, 0.29) is 11.1 Å².